The normalized spacial score (nSPS) is 11.9. The summed E-state index contributed by atoms with van der Waals surface area (Å²) in [5.74, 6) is -0.0193. The van der Waals surface area contributed by atoms with Crippen LogP contribution in [0.1, 0.15) is 0 Å². The van der Waals surface area contributed by atoms with Crippen molar-refractivity contribution in [2.45, 2.75) is 4.90 Å². The fraction of sp³-hybridized carbons (Fsp3) is 0.278. The van der Waals surface area contributed by atoms with E-state index in [1.54, 1.807) is 24.3 Å². The summed E-state index contributed by atoms with van der Waals surface area (Å²) in [4.78, 5) is 12.4. The van der Waals surface area contributed by atoms with Gasteiger partial charge in [-0.3, -0.25) is 9.10 Å². The van der Waals surface area contributed by atoms with E-state index < -0.39 is 32.5 Å². The molecule has 1 N–H and O–H groups in total. The summed E-state index contributed by atoms with van der Waals surface area (Å²) >= 11 is 0. The molecule has 0 saturated heterocycles. The number of carbonyl (C=O) groups is 1. The van der Waals surface area contributed by atoms with E-state index in [2.05, 4.69) is 5.32 Å². The van der Waals surface area contributed by atoms with E-state index in [0.29, 0.717) is 11.4 Å². The molecule has 29 heavy (non-hydrogen) atoms. The second-order valence-electron chi connectivity index (χ2n) is 6.33. The first kappa shape index (κ1) is 22.7. The monoisotopic (exact) mass is 441 g/mol. The van der Waals surface area contributed by atoms with Gasteiger partial charge in [-0.05, 0) is 36.4 Å². The molecule has 0 spiro atoms. The van der Waals surface area contributed by atoms with Gasteiger partial charge < -0.3 is 10.1 Å². The van der Waals surface area contributed by atoms with Crippen molar-refractivity contribution in [1.82, 2.24) is 4.31 Å². The molecule has 0 aliphatic heterocycles. The van der Waals surface area contributed by atoms with Gasteiger partial charge in [-0.2, -0.15) is 0 Å². The zero-order chi connectivity index (χ0) is 21.8. The van der Waals surface area contributed by atoms with Crippen LogP contribution in [0.25, 0.3) is 0 Å². The second-order valence-corrected chi connectivity index (χ2v) is 10.4. The standard InChI is InChI=1S/C18H23N3O6S2/c1-20(2)29(25,26)17-10-8-15(9-11-17)21(28(4,23)24)13-18(22)19-14-6-5-7-16(12-14)27-3/h5-12H,13H2,1-4H3,(H,19,22). The zero-order valence-corrected chi connectivity index (χ0v) is 18.1. The first-order valence-corrected chi connectivity index (χ1v) is 11.7. The maximum Gasteiger partial charge on any atom is 0.245 e. The number of nitrogens with zero attached hydrogens (tertiary/aromatic N) is 2. The fourth-order valence-corrected chi connectivity index (χ4v) is 4.19. The zero-order valence-electron chi connectivity index (χ0n) is 16.5. The number of benzene rings is 2. The van der Waals surface area contributed by atoms with Crippen LogP contribution >= 0.6 is 0 Å². The Morgan fingerprint density at radius 2 is 1.66 bits per heavy atom. The highest BCUT2D eigenvalue weighted by atomic mass is 32.2. The maximum atomic E-state index is 12.4. The Bertz CT molecular complexity index is 1080. The fourth-order valence-electron chi connectivity index (χ4n) is 2.43. The van der Waals surface area contributed by atoms with E-state index >= 15 is 0 Å². The number of nitrogens with one attached hydrogen (secondary N) is 1. The average molecular weight is 442 g/mol. The molecule has 0 heterocycles. The molecule has 2 aromatic carbocycles. The lowest BCUT2D eigenvalue weighted by Gasteiger charge is -2.22. The van der Waals surface area contributed by atoms with Crippen molar-refractivity contribution < 1.29 is 26.4 Å². The second kappa shape index (κ2) is 8.80. The first-order valence-electron chi connectivity index (χ1n) is 8.39. The minimum Gasteiger partial charge on any atom is -0.497 e. The van der Waals surface area contributed by atoms with Gasteiger partial charge in [0.25, 0.3) is 0 Å². The van der Waals surface area contributed by atoms with Gasteiger partial charge in [-0.25, -0.2) is 21.1 Å². The van der Waals surface area contributed by atoms with Gasteiger partial charge in [-0.15, -0.1) is 0 Å². The van der Waals surface area contributed by atoms with Gasteiger partial charge in [0.05, 0.1) is 23.9 Å². The van der Waals surface area contributed by atoms with Crippen LogP contribution in [0.5, 0.6) is 5.75 Å². The number of sulfonamides is 2. The van der Waals surface area contributed by atoms with Crippen molar-refractivity contribution in [2.75, 3.05) is 43.6 Å². The van der Waals surface area contributed by atoms with Crippen molar-refractivity contribution in [2.24, 2.45) is 0 Å². The van der Waals surface area contributed by atoms with Crippen molar-refractivity contribution in [3.8, 4) is 5.75 Å². The lowest BCUT2D eigenvalue weighted by Crippen LogP contribution is -2.37. The number of anilines is 2. The predicted octanol–water partition coefficient (Wildman–Crippen LogP) is 1.35. The van der Waals surface area contributed by atoms with Crippen LogP contribution in [-0.4, -0.2) is 61.1 Å². The Balaban J connectivity index is 2.25. The lowest BCUT2D eigenvalue weighted by atomic mass is 10.3. The highest BCUT2D eigenvalue weighted by Crippen LogP contribution is 2.22. The van der Waals surface area contributed by atoms with Crippen molar-refractivity contribution in [1.29, 1.82) is 0 Å². The summed E-state index contributed by atoms with van der Waals surface area (Å²) in [6.07, 6.45) is 0.969. The van der Waals surface area contributed by atoms with Crippen LogP contribution in [0.2, 0.25) is 0 Å². The summed E-state index contributed by atoms with van der Waals surface area (Å²) in [5, 5.41) is 2.61. The molecule has 0 atom stereocenters. The summed E-state index contributed by atoms with van der Waals surface area (Å²) < 4.78 is 55.8. The largest absolute Gasteiger partial charge is 0.497 e. The van der Waals surface area contributed by atoms with Crippen molar-refractivity contribution >= 4 is 37.3 Å². The Labute approximate surface area is 171 Å². The third-order valence-corrected chi connectivity index (χ3v) is 6.91. The number of hydrogen-bond donors (Lipinski definition) is 1. The van der Waals surface area contributed by atoms with Crippen molar-refractivity contribution in [3.63, 3.8) is 0 Å². The van der Waals surface area contributed by atoms with E-state index in [1.807, 2.05) is 0 Å². The minimum atomic E-state index is -3.79. The number of amides is 1. The van der Waals surface area contributed by atoms with Gasteiger partial charge in [0.15, 0.2) is 0 Å². The van der Waals surface area contributed by atoms with Gasteiger partial charge in [0.1, 0.15) is 12.3 Å². The molecule has 0 unspecified atom stereocenters. The number of rotatable bonds is 8. The Morgan fingerprint density at radius 1 is 1.03 bits per heavy atom. The van der Waals surface area contributed by atoms with E-state index in [1.165, 1.54) is 45.5 Å². The molecule has 0 fully saturated rings. The van der Waals surface area contributed by atoms with Crippen LogP contribution in [0.4, 0.5) is 11.4 Å². The molecule has 0 saturated carbocycles. The summed E-state index contributed by atoms with van der Waals surface area (Å²) in [7, 11) is -3.16. The molecular weight excluding hydrogens is 418 g/mol. The molecule has 0 radical (unpaired) electrons. The van der Waals surface area contributed by atoms with Gasteiger partial charge in [0.2, 0.25) is 26.0 Å². The summed E-state index contributed by atoms with van der Waals surface area (Å²) in [5.41, 5.74) is 0.626. The van der Waals surface area contributed by atoms with E-state index in [9.17, 15) is 21.6 Å². The van der Waals surface area contributed by atoms with Crippen LogP contribution < -0.4 is 14.4 Å². The molecule has 0 aliphatic carbocycles. The van der Waals surface area contributed by atoms with Gasteiger partial charge in [0, 0.05) is 25.8 Å². The number of methoxy groups -OCH3 is 1. The molecule has 9 nitrogen and oxygen atoms in total. The van der Waals surface area contributed by atoms with E-state index in [4.69, 9.17) is 4.74 Å². The van der Waals surface area contributed by atoms with Gasteiger partial charge >= 0.3 is 0 Å². The van der Waals surface area contributed by atoms with E-state index in [-0.39, 0.29) is 10.6 Å². The average Bonchev–Trinajstić information content (AvgIpc) is 2.65. The topological polar surface area (TPSA) is 113 Å². The van der Waals surface area contributed by atoms with Crippen LogP contribution in [0.3, 0.4) is 0 Å². The predicted molar refractivity (Wildman–Crippen MR) is 111 cm³/mol. The minimum absolute atomic E-state index is 0.0144. The number of carbonyl (C=O) groups excluding carboxylic acids is 1. The molecule has 0 bridgehead atoms. The smallest absolute Gasteiger partial charge is 0.245 e. The Kier molecular flexibility index (Phi) is 6.88. The van der Waals surface area contributed by atoms with Crippen LogP contribution in [0, 0.1) is 0 Å². The Morgan fingerprint density at radius 3 is 2.17 bits per heavy atom. The third kappa shape index (κ3) is 5.68. The quantitative estimate of drug-likeness (QED) is 0.662. The summed E-state index contributed by atoms with van der Waals surface area (Å²) in [6.45, 7) is -0.476. The molecule has 0 aliphatic rings. The molecule has 0 aromatic heterocycles. The van der Waals surface area contributed by atoms with Crippen LogP contribution in [-0.2, 0) is 24.8 Å². The van der Waals surface area contributed by atoms with E-state index in [0.717, 1.165) is 14.9 Å². The van der Waals surface area contributed by atoms with Gasteiger partial charge in [-0.1, -0.05) is 6.07 Å². The SMILES string of the molecule is COc1cccc(NC(=O)CN(c2ccc(S(=O)(=O)N(C)C)cc2)S(C)(=O)=O)c1. The Hall–Kier alpha value is -2.63. The van der Waals surface area contributed by atoms with Crippen molar-refractivity contribution in [3.05, 3.63) is 48.5 Å². The molecule has 2 aromatic rings. The third-order valence-electron chi connectivity index (χ3n) is 3.94. The summed E-state index contributed by atoms with van der Waals surface area (Å²) in [6, 6.07) is 11.9. The number of ether oxygens (including phenoxy) is 1. The molecule has 2 rings (SSSR count). The molecule has 1 amide bonds. The lowest BCUT2D eigenvalue weighted by molar-refractivity contribution is -0.114. The first-order chi connectivity index (χ1) is 13.4. The maximum absolute atomic E-state index is 12.4. The molecular formula is C18H23N3O6S2. The highest BCUT2D eigenvalue weighted by molar-refractivity contribution is 7.92. The molecule has 11 heteroatoms. The highest BCUT2D eigenvalue weighted by Gasteiger charge is 2.23. The molecule has 158 valence electrons. The van der Waals surface area contributed by atoms with Crippen LogP contribution in [0.15, 0.2) is 53.4 Å². The number of hydrogen-bond acceptors (Lipinski definition) is 6.